The monoisotopic (exact) mass is 320 g/mol. The van der Waals surface area contributed by atoms with Crippen molar-refractivity contribution in [1.29, 1.82) is 0 Å². The van der Waals surface area contributed by atoms with Crippen molar-refractivity contribution in [2.24, 2.45) is 0 Å². The smallest absolute Gasteiger partial charge is 0.334 e. The lowest BCUT2D eigenvalue weighted by Gasteiger charge is -2.06. The summed E-state index contributed by atoms with van der Waals surface area (Å²) < 4.78 is 2.53. The van der Waals surface area contributed by atoms with E-state index in [4.69, 9.17) is 0 Å². The average Bonchev–Trinajstić information content (AvgIpc) is 3.01. The maximum absolute atomic E-state index is 12.7. The van der Waals surface area contributed by atoms with Crippen molar-refractivity contribution in [2.45, 2.75) is 0 Å². The molecule has 7 nitrogen and oxygen atoms in total. The van der Waals surface area contributed by atoms with Crippen LogP contribution in [0.3, 0.4) is 0 Å². The van der Waals surface area contributed by atoms with Gasteiger partial charge in [0.15, 0.2) is 5.65 Å². The predicted octanol–water partition coefficient (Wildman–Crippen LogP) is 1.57. The zero-order valence-corrected chi connectivity index (χ0v) is 12.4. The summed E-state index contributed by atoms with van der Waals surface area (Å²) in [5.41, 5.74) is 0.405. The average molecular weight is 320 g/mol. The molecule has 0 radical (unpaired) electrons. The van der Waals surface area contributed by atoms with Crippen LogP contribution in [-0.2, 0) is 0 Å². The zero-order valence-electron chi connectivity index (χ0n) is 12.4. The maximum Gasteiger partial charge on any atom is 0.334 e. The Morgan fingerprint density at radius 1 is 0.917 bits per heavy atom. The van der Waals surface area contributed by atoms with Gasteiger partial charge in [0.2, 0.25) is 0 Å². The van der Waals surface area contributed by atoms with E-state index in [1.807, 2.05) is 30.3 Å². The van der Waals surface area contributed by atoms with Crippen molar-refractivity contribution < 1.29 is 5.11 Å². The topological polar surface area (TPSA) is 92.9 Å². The highest BCUT2D eigenvalue weighted by molar-refractivity contribution is 5.75. The molecule has 2 aromatic carbocycles. The molecule has 4 rings (SSSR count). The Morgan fingerprint density at radius 3 is 2.33 bits per heavy atom. The van der Waals surface area contributed by atoms with Gasteiger partial charge >= 0.3 is 5.69 Å². The summed E-state index contributed by atoms with van der Waals surface area (Å²) in [6.45, 7) is 0. The highest BCUT2D eigenvalue weighted by Crippen LogP contribution is 2.14. The van der Waals surface area contributed by atoms with Gasteiger partial charge in [-0.3, -0.25) is 9.78 Å². The Kier molecular flexibility index (Phi) is 3.06. The Labute approximate surface area is 135 Å². The summed E-state index contributed by atoms with van der Waals surface area (Å²) in [4.78, 5) is 27.8. The van der Waals surface area contributed by atoms with E-state index < -0.39 is 11.2 Å². The standard InChI is InChI=1S/C17H12N4O3/c22-13-8-6-11(7-9-13)20-16(23)14-10-18-21(15(14)19-17(20)24)12-4-2-1-3-5-12/h1-10,22H,(H,19,24). The number of nitrogens with zero attached hydrogens (tertiary/aromatic N) is 3. The van der Waals surface area contributed by atoms with Gasteiger partial charge in [-0.2, -0.15) is 5.10 Å². The first-order valence-electron chi connectivity index (χ1n) is 7.23. The van der Waals surface area contributed by atoms with Crippen LogP contribution >= 0.6 is 0 Å². The molecule has 0 fully saturated rings. The number of fused-ring (bicyclic) bond motifs is 1. The maximum atomic E-state index is 12.7. The number of aromatic hydroxyl groups is 1. The number of phenolic OH excluding ortho intramolecular Hbond substituents is 1. The van der Waals surface area contributed by atoms with Gasteiger partial charge in [0.05, 0.1) is 17.6 Å². The minimum Gasteiger partial charge on any atom is -0.508 e. The Morgan fingerprint density at radius 2 is 1.62 bits per heavy atom. The van der Waals surface area contributed by atoms with Gasteiger partial charge in [-0.05, 0) is 36.4 Å². The van der Waals surface area contributed by atoms with E-state index in [-0.39, 0.29) is 5.75 Å². The number of aromatic amines is 1. The molecule has 2 N–H and O–H groups in total. The van der Waals surface area contributed by atoms with Gasteiger partial charge in [-0.25, -0.2) is 14.0 Å². The molecule has 0 unspecified atom stereocenters. The third kappa shape index (κ3) is 2.11. The van der Waals surface area contributed by atoms with Crippen LogP contribution in [0.2, 0.25) is 0 Å². The highest BCUT2D eigenvalue weighted by Gasteiger charge is 2.14. The fraction of sp³-hybridized carbons (Fsp3) is 0. The minimum absolute atomic E-state index is 0.0567. The van der Waals surface area contributed by atoms with E-state index in [0.29, 0.717) is 16.7 Å². The molecule has 0 aliphatic carbocycles. The molecule has 7 heteroatoms. The molecular weight excluding hydrogens is 308 g/mol. The summed E-state index contributed by atoms with van der Waals surface area (Å²) in [6.07, 6.45) is 1.43. The van der Waals surface area contributed by atoms with Crippen LogP contribution < -0.4 is 11.2 Å². The lowest BCUT2D eigenvalue weighted by molar-refractivity contribution is 0.475. The summed E-state index contributed by atoms with van der Waals surface area (Å²) in [7, 11) is 0. The van der Waals surface area contributed by atoms with E-state index in [0.717, 1.165) is 10.3 Å². The van der Waals surface area contributed by atoms with Gasteiger partial charge in [0.1, 0.15) is 11.1 Å². The third-order valence-electron chi connectivity index (χ3n) is 3.74. The number of hydrogen-bond acceptors (Lipinski definition) is 4. The van der Waals surface area contributed by atoms with Crippen molar-refractivity contribution in [3.63, 3.8) is 0 Å². The second kappa shape index (κ2) is 5.24. The molecule has 0 aliphatic rings. The van der Waals surface area contributed by atoms with E-state index in [9.17, 15) is 14.7 Å². The predicted molar refractivity (Wildman–Crippen MR) is 89.0 cm³/mol. The summed E-state index contributed by atoms with van der Waals surface area (Å²) in [5.74, 6) is 0.0567. The van der Waals surface area contributed by atoms with Gasteiger partial charge < -0.3 is 5.11 Å². The first kappa shape index (κ1) is 14.0. The minimum atomic E-state index is -0.573. The van der Waals surface area contributed by atoms with Gasteiger partial charge in [-0.15, -0.1) is 0 Å². The van der Waals surface area contributed by atoms with Crippen molar-refractivity contribution in [2.75, 3.05) is 0 Å². The summed E-state index contributed by atoms with van der Waals surface area (Å²) in [6, 6.07) is 15.1. The van der Waals surface area contributed by atoms with E-state index >= 15 is 0 Å². The molecule has 4 aromatic rings. The second-order valence-electron chi connectivity index (χ2n) is 5.24. The number of phenols is 1. The van der Waals surface area contributed by atoms with Crippen molar-refractivity contribution in [1.82, 2.24) is 19.3 Å². The van der Waals surface area contributed by atoms with Crippen molar-refractivity contribution in [3.05, 3.63) is 81.6 Å². The van der Waals surface area contributed by atoms with Crippen molar-refractivity contribution in [3.8, 4) is 17.1 Å². The van der Waals surface area contributed by atoms with E-state index in [2.05, 4.69) is 10.1 Å². The fourth-order valence-electron chi connectivity index (χ4n) is 2.60. The van der Waals surface area contributed by atoms with Crippen LogP contribution in [0, 0.1) is 0 Å². The van der Waals surface area contributed by atoms with Crippen LogP contribution in [0.4, 0.5) is 0 Å². The molecular formula is C17H12N4O3. The molecule has 0 saturated carbocycles. The molecule has 0 atom stereocenters. The second-order valence-corrected chi connectivity index (χ2v) is 5.24. The Balaban J connectivity index is 1.99. The number of hydrogen-bond donors (Lipinski definition) is 2. The number of para-hydroxylation sites is 1. The van der Waals surface area contributed by atoms with Gasteiger partial charge in [0, 0.05) is 0 Å². The van der Waals surface area contributed by atoms with Crippen LogP contribution in [0.1, 0.15) is 0 Å². The first-order valence-corrected chi connectivity index (χ1v) is 7.23. The number of nitrogens with one attached hydrogen (secondary N) is 1. The largest absolute Gasteiger partial charge is 0.508 e. The van der Waals surface area contributed by atoms with Crippen LogP contribution in [0.25, 0.3) is 22.4 Å². The first-order chi connectivity index (χ1) is 11.6. The van der Waals surface area contributed by atoms with E-state index in [1.165, 1.54) is 35.1 Å². The normalized spacial score (nSPS) is 11.0. The molecule has 0 aliphatic heterocycles. The molecule has 0 saturated heterocycles. The highest BCUT2D eigenvalue weighted by atomic mass is 16.3. The third-order valence-corrected chi connectivity index (χ3v) is 3.74. The molecule has 118 valence electrons. The van der Waals surface area contributed by atoms with E-state index in [1.54, 1.807) is 0 Å². The molecule has 0 bridgehead atoms. The lowest BCUT2D eigenvalue weighted by atomic mass is 10.3. The SMILES string of the molecule is O=c1[nH]c2c(cnn2-c2ccccc2)c(=O)n1-c1ccc(O)cc1. The van der Waals surface area contributed by atoms with Gasteiger partial charge in [-0.1, -0.05) is 18.2 Å². The fourth-order valence-corrected chi connectivity index (χ4v) is 2.60. The molecule has 0 amide bonds. The number of H-pyrrole nitrogens is 1. The molecule has 24 heavy (non-hydrogen) atoms. The molecule has 2 aromatic heterocycles. The Hall–Kier alpha value is -3.61. The Bertz CT molecular complexity index is 1140. The van der Waals surface area contributed by atoms with Crippen LogP contribution in [0.5, 0.6) is 5.75 Å². The lowest BCUT2D eigenvalue weighted by Crippen LogP contribution is -2.33. The zero-order chi connectivity index (χ0) is 16.7. The number of benzene rings is 2. The molecule has 0 spiro atoms. The van der Waals surface area contributed by atoms with Crippen LogP contribution in [-0.4, -0.2) is 24.4 Å². The van der Waals surface area contributed by atoms with Crippen LogP contribution in [0.15, 0.2) is 70.4 Å². The van der Waals surface area contributed by atoms with Crippen molar-refractivity contribution >= 4 is 11.0 Å². The number of rotatable bonds is 2. The number of aromatic nitrogens is 4. The van der Waals surface area contributed by atoms with Gasteiger partial charge in [0.25, 0.3) is 5.56 Å². The quantitative estimate of drug-likeness (QED) is 0.586. The summed E-state index contributed by atoms with van der Waals surface area (Å²) >= 11 is 0. The summed E-state index contributed by atoms with van der Waals surface area (Å²) in [5, 5.41) is 13.9. The molecule has 2 heterocycles.